The molecule has 6 nitrogen and oxygen atoms in total. The zero-order chi connectivity index (χ0) is 20.3. The average Bonchev–Trinajstić information content (AvgIpc) is 3.17. The van der Waals surface area contributed by atoms with Crippen LogP contribution in [-0.4, -0.2) is 44.6 Å². The molecule has 0 aliphatic heterocycles. The van der Waals surface area contributed by atoms with Gasteiger partial charge in [-0.3, -0.25) is 9.36 Å². The Labute approximate surface area is 169 Å². The monoisotopic (exact) mass is 398 g/mol. The van der Waals surface area contributed by atoms with Crippen molar-refractivity contribution in [3.63, 3.8) is 0 Å². The number of rotatable bonds is 8. The highest BCUT2D eigenvalue weighted by molar-refractivity contribution is 7.99. The molecule has 7 heteroatoms. The largest absolute Gasteiger partial charge is 0.383 e. The van der Waals surface area contributed by atoms with Crippen LogP contribution in [0.3, 0.4) is 0 Å². The van der Waals surface area contributed by atoms with Crippen LogP contribution in [0.5, 0.6) is 0 Å². The number of ketones is 1. The van der Waals surface area contributed by atoms with Gasteiger partial charge in [0.25, 0.3) is 0 Å². The standard InChI is InChI=1S/C21H26N4O2S/c1-14-7-6-8-18(11-14)25-17(4)22-23-21(25)28-13-20(26)19-12-15(2)24(16(19)3)9-10-27-5/h6-8,11-12H,9-10,13H2,1-5H3. The molecule has 28 heavy (non-hydrogen) atoms. The first-order valence-electron chi connectivity index (χ1n) is 9.23. The van der Waals surface area contributed by atoms with Crippen molar-refractivity contribution in [1.29, 1.82) is 0 Å². The predicted molar refractivity (Wildman–Crippen MR) is 112 cm³/mol. The third-order valence-electron chi connectivity index (χ3n) is 4.78. The first-order valence-corrected chi connectivity index (χ1v) is 10.2. The van der Waals surface area contributed by atoms with Crippen LogP contribution in [-0.2, 0) is 11.3 Å². The second-order valence-corrected chi connectivity index (χ2v) is 7.79. The first-order chi connectivity index (χ1) is 13.4. The summed E-state index contributed by atoms with van der Waals surface area (Å²) in [6.07, 6.45) is 0. The minimum Gasteiger partial charge on any atom is -0.383 e. The summed E-state index contributed by atoms with van der Waals surface area (Å²) in [5.41, 5.74) is 4.99. The molecule has 2 heterocycles. The van der Waals surface area contributed by atoms with Crippen LogP contribution < -0.4 is 0 Å². The lowest BCUT2D eigenvalue weighted by Gasteiger charge is -2.10. The molecule has 0 atom stereocenters. The van der Waals surface area contributed by atoms with E-state index in [9.17, 15) is 4.79 Å². The van der Waals surface area contributed by atoms with E-state index in [0.717, 1.165) is 40.2 Å². The van der Waals surface area contributed by atoms with Crippen molar-refractivity contribution in [2.45, 2.75) is 39.4 Å². The Morgan fingerprint density at radius 1 is 1.14 bits per heavy atom. The van der Waals surface area contributed by atoms with Crippen LogP contribution in [0, 0.1) is 27.7 Å². The minimum atomic E-state index is 0.0956. The molecule has 0 amide bonds. The van der Waals surface area contributed by atoms with Gasteiger partial charge in [-0.15, -0.1) is 10.2 Å². The van der Waals surface area contributed by atoms with Gasteiger partial charge in [0, 0.05) is 36.3 Å². The van der Waals surface area contributed by atoms with Crippen LogP contribution in [0.25, 0.3) is 5.69 Å². The van der Waals surface area contributed by atoms with Gasteiger partial charge in [0.15, 0.2) is 10.9 Å². The van der Waals surface area contributed by atoms with E-state index >= 15 is 0 Å². The highest BCUT2D eigenvalue weighted by atomic mass is 32.2. The van der Waals surface area contributed by atoms with Crippen LogP contribution in [0.1, 0.15) is 33.1 Å². The Hall–Kier alpha value is -2.38. The van der Waals surface area contributed by atoms with Crippen molar-refractivity contribution in [1.82, 2.24) is 19.3 Å². The lowest BCUT2D eigenvalue weighted by Crippen LogP contribution is -2.10. The number of ether oxygens (including phenoxy) is 1. The number of thioether (sulfide) groups is 1. The molecule has 0 radical (unpaired) electrons. The van der Waals surface area contributed by atoms with Gasteiger partial charge in [0.1, 0.15) is 5.82 Å². The summed E-state index contributed by atoms with van der Waals surface area (Å²) < 4.78 is 9.29. The van der Waals surface area contributed by atoms with Gasteiger partial charge in [-0.2, -0.15) is 0 Å². The molecule has 0 saturated heterocycles. The molecule has 3 aromatic rings. The maximum Gasteiger partial charge on any atom is 0.196 e. The van der Waals surface area contributed by atoms with Crippen LogP contribution in [0.4, 0.5) is 0 Å². The van der Waals surface area contributed by atoms with E-state index in [2.05, 4.69) is 33.8 Å². The summed E-state index contributed by atoms with van der Waals surface area (Å²) in [6, 6.07) is 10.1. The molecule has 0 aliphatic rings. The van der Waals surface area contributed by atoms with Gasteiger partial charge in [0.2, 0.25) is 0 Å². The molecular formula is C21H26N4O2S. The number of aryl methyl sites for hydroxylation is 3. The fraction of sp³-hybridized carbons (Fsp3) is 0.381. The van der Waals surface area contributed by atoms with Gasteiger partial charge in [-0.1, -0.05) is 23.9 Å². The van der Waals surface area contributed by atoms with Gasteiger partial charge in [-0.05, 0) is 51.5 Å². The normalized spacial score (nSPS) is 11.2. The molecule has 0 unspecified atom stereocenters. The summed E-state index contributed by atoms with van der Waals surface area (Å²) in [5.74, 6) is 1.22. The third kappa shape index (κ3) is 4.20. The maximum absolute atomic E-state index is 12.9. The molecule has 2 aromatic heterocycles. The van der Waals surface area contributed by atoms with Crippen molar-refractivity contribution in [2.75, 3.05) is 19.5 Å². The topological polar surface area (TPSA) is 61.9 Å². The summed E-state index contributed by atoms with van der Waals surface area (Å²) in [5, 5.41) is 9.21. The smallest absolute Gasteiger partial charge is 0.196 e. The molecule has 0 aliphatic carbocycles. The van der Waals surface area contributed by atoms with Crippen LogP contribution in [0.15, 0.2) is 35.5 Å². The Kier molecular flexibility index (Phi) is 6.36. The molecule has 0 bridgehead atoms. The van der Waals surface area contributed by atoms with Gasteiger partial charge < -0.3 is 9.30 Å². The SMILES string of the molecule is COCCn1c(C)cc(C(=O)CSc2nnc(C)n2-c2cccc(C)c2)c1C. The lowest BCUT2D eigenvalue weighted by molar-refractivity contribution is 0.102. The van der Waals surface area contributed by atoms with Crippen molar-refractivity contribution in [3.8, 4) is 5.69 Å². The Morgan fingerprint density at radius 2 is 1.93 bits per heavy atom. The van der Waals surface area contributed by atoms with Gasteiger partial charge >= 0.3 is 0 Å². The average molecular weight is 399 g/mol. The number of Topliss-reactive ketones (excluding diaryl/α,β-unsaturated/α-hetero) is 1. The van der Waals surface area contributed by atoms with Crippen molar-refractivity contribution < 1.29 is 9.53 Å². The molecular weight excluding hydrogens is 372 g/mol. The highest BCUT2D eigenvalue weighted by Gasteiger charge is 2.18. The molecule has 0 spiro atoms. The van der Waals surface area contributed by atoms with E-state index in [1.807, 2.05) is 43.5 Å². The fourth-order valence-electron chi connectivity index (χ4n) is 3.32. The van der Waals surface area contributed by atoms with Crippen molar-refractivity contribution in [3.05, 3.63) is 58.7 Å². The summed E-state index contributed by atoms with van der Waals surface area (Å²) in [6.45, 7) is 9.35. The van der Waals surface area contributed by atoms with E-state index in [0.29, 0.717) is 12.4 Å². The number of nitrogens with zero attached hydrogens (tertiary/aromatic N) is 4. The Morgan fingerprint density at radius 3 is 2.64 bits per heavy atom. The molecule has 148 valence electrons. The Balaban J connectivity index is 1.78. The minimum absolute atomic E-state index is 0.0956. The summed E-state index contributed by atoms with van der Waals surface area (Å²) >= 11 is 1.42. The van der Waals surface area contributed by atoms with E-state index in [4.69, 9.17) is 4.74 Å². The van der Waals surface area contributed by atoms with Crippen LogP contribution >= 0.6 is 11.8 Å². The first kappa shape index (κ1) is 20.4. The molecule has 0 saturated carbocycles. The number of benzene rings is 1. The lowest BCUT2D eigenvalue weighted by atomic mass is 10.2. The number of methoxy groups -OCH3 is 1. The molecule has 3 rings (SSSR count). The maximum atomic E-state index is 12.9. The second kappa shape index (κ2) is 8.75. The highest BCUT2D eigenvalue weighted by Crippen LogP contribution is 2.24. The molecule has 1 aromatic carbocycles. The van der Waals surface area contributed by atoms with Crippen LogP contribution in [0.2, 0.25) is 0 Å². The number of aromatic nitrogens is 4. The fourth-order valence-corrected chi connectivity index (χ4v) is 4.20. The number of hydrogen-bond donors (Lipinski definition) is 0. The number of carbonyl (C=O) groups excluding carboxylic acids is 1. The molecule has 0 N–H and O–H groups in total. The number of hydrogen-bond acceptors (Lipinski definition) is 5. The Bertz CT molecular complexity index is 990. The van der Waals surface area contributed by atoms with Gasteiger partial charge in [-0.25, -0.2) is 0 Å². The third-order valence-corrected chi connectivity index (χ3v) is 5.71. The summed E-state index contributed by atoms with van der Waals surface area (Å²) in [7, 11) is 1.68. The number of carbonyl (C=O) groups is 1. The van der Waals surface area contributed by atoms with E-state index in [1.54, 1.807) is 7.11 Å². The summed E-state index contributed by atoms with van der Waals surface area (Å²) in [4.78, 5) is 12.9. The zero-order valence-electron chi connectivity index (χ0n) is 17.0. The second-order valence-electron chi connectivity index (χ2n) is 6.85. The van der Waals surface area contributed by atoms with E-state index in [-0.39, 0.29) is 5.78 Å². The zero-order valence-corrected chi connectivity index (χ0v) is 17.8. The van der Waals surface area contributed by atoms with E-state index in [1.165, 1.54) is 17.3 Å². The quantitative estimate of drug-likeness (QED) is 0.425. The molecule has 0 fully saturated rings. The van der Waals surface area contributed by atoms with Crippen molar-refractivity contribution >= 4 is 17.5 Å². The van der Waals surface area contributed by atoms with Crippen molar-refractivity contribution in [2.24, 2.45) is 0 Å². The van der Waals surface area contributed by atoms with E-state index < -0.39 is 0 Å². The predicted octanol–water partition coefficient (Wildman–Crippen LogP) is 3.92. The van der Waals surface area contributed by atoms with Gasteiger partial charge in [0.05, 0.1) is 12.4 Å².